The van der Waals surface area contributed by atoms with E-state index >= 15 is 0 Å². The van der Waals surface area contributed by atoms with Crippen LogP contribution in [0.2, 0.25) is 5.54 Å². The third kappa shape index (κ3) is 4.58. The average molecular weight is 208 g/mol. The normalized spacial score (nSPS) is 13.6. The van der Waals surface area contributed by atoms with Gasteiger partial charge in [0.15, 0.2) is 0 Å². The Morgan fingerprint density at radius 3 is 2.57 bits per heavy atom. The molecule has 0 radical (unpaired) electrons. The summed E-state index contributed by atoms with van der Waals surface area (Å²) in [4.78, 5) is 0. The maximum absolute atomic E-state index is 8.68. The number of rotatable bonds is 6. The first-order chi connectivity index (χ1) is 6.83. The van der Waals surface area contributed by atoms with E-state index in [1.165, 1.54) is 12.8 Å². The van der Waals surface area contributed by atoms with Crippen molar-refractivity contribution in [1.82, 2.24) is 0 Å². The Hall–Kier alpha value is -0.603. The molecule has 0 unspecified atom stereocenters. The number of aliphatic hydroxyl groups excluding tert-OH is 1. The Balaban J connectivity index is 2.23. The minimum absolute atomic E-state index is 0.0966. The van der Waals surface area contributed by atoms with Crippen molar-refractivity contribution in [3.05, 3.63) is 30.3 Å². The molecular weight excluding hydrogens is 188 g/mol. The predicted molar refractivity (Wildman–Crippen MR) is 65.0 cm³/mol. The molecular formula is C12H20OSi. The van der Waals surface area contributed by atoms with E-state index in [-0.39, 0.29) is 9.52 Å². The van der Waals surface area contributed by atoms with Gasteiger partial charge in [0, 0.05) is 6.61 Å². The maximum atomic E-state index is 8.68. The van der Waals surface area contributed by atoms with E-state index in [2.05, 4.69) is 37.3 Å². The molecule has 0 amide bonds. The van der Waals surface area contributed by atoms with Gasteiger partial charge < -0.3 is 5.11 Å². The van der Waals surface area contributed by atoms with Crippen LogP contribution in [-0.4, -0.2) is 21.2 Å². The molecule has 1 N–H and O–H groups in total. The molecule has 14 heavy (non-hydrogen) atoms. The van der Waals surface area contributed by atoms with E-state index in [1.54, 1.807) is 5.19 Å². The first kappa shape index (κ1) is 11.5. The SMILES string of the molecule is C[C@@H](CCCCO)[SiH2]c1ccccc1. The van der Waals surface area contributed by atoms with Gasteiger partial charge in [-0.05, 0) is 12.0 Å². The van der Waals surface area contributed by atoms with Gasteiger partial charge in [-0.2, -0.15) is 0 Å². The summed E-state index contributed by atoms with van der Waals surface area (Å²) in [7, 11) is -0.0966. The molecule has 0 aliphatic heterocycles. The number of hydrogen-bond donors (Lipinski definition) is 1. The van der Waals surface area contributed by atoms with Gasteiger partial charge in [0.25, 0.3) is 0 Å². The lowest BCUT2D eigenvalue weighted by molar-refractivity contribution is 0.283. The molecule has 1 rings (SSSR count). The highest BCUT2D eigenvalue weighted by atomic mass is 28.2. The quantitative estimate of drug-likeness (QED) is 0.554. The Bertz CT molecular complexity index is 235. The zero-order chi connectivity index (χ0) is 10.2. The molecule has 0 spiro atoms. The first-order valence-electron chi connectivity index (χ1n) is 5.47. The highest BCUT2D eigenvalue weighted by Crippen LogP contribution is 2.11. The fraction of sp³-hybridized carbons (Fsp3) is 0.500. The summed E-state index contributed by atoms with van der Waals surface area (Å²) in [6.07, 6.45) is 3.42. The minimum atomic E-state index is -0.0966. The fourth-order valence-corrected chi connectivity index (χ4v) is 3.56. The van der Waals surface area contributed by atoms with Crippen molar-refractivity contribution in [2.24, 2.45) is 0 Å². The molecule has 1 atom stereocenters. The second-order valence-corrected chi connectivity index (χ2v) is 6.63. The predicted octanol–water partition coefficient (Wildman–Crippen LogP) is 1.45. The molecule has 1 aromatic carbocycles. The molecule has 0 aromatic heterocycles. The monoisotopic (exact) mass is 208 g/mol. The van der Waals surface area contributed by atoms with Crippen LogP contribution in [0.3, 0.4) is 0 Å². The second kappa shape index (κ2) is 6.79. The van der Waals surface area contributed by atoms with Crippen LogP contribution in [0.5, 0.6) is 0 Å². The zero-order valence-electron chi connectivity index (χ0n) is 8.95. The summed E-state index contributed by atoms with van der Waals surface area (Å²) in [5, 5.41) is 10.2. The van der Waals surface area contributed by atoms with Crippen molar-refractivity contribution in [2.75, 3.05) is 6.61 Å². The van der Waals surface area contributed by atoms with Crippen LogP contribution in [0.4, 0.5) is 0 Å². The summed E-state index contributed by atoms with van der Waals surface area (Å²) in [5.74, 6) is 0. The molecule has 0 saturated carbocycles. The van der Waals surface area contributed by atoms with Gasteiger partial charge in [-0.1, -0.05) is 55.3 Å². The molecule has 0 aliphatic rings. The summed E-state index contributed by atoms with van der Waals surface area (Å²) in [5.41, 5.74) is 0.865. The third-order valence-electron chi connectivity index (χ3n) is 2.53. The summed E-state index contributed by atoms with van der Waals surface area (Å²) < 4.78 is 0. The van der Waals surface area contributed by atoms with E-state index in [9.17, 15) is 0 Å². The molecule has 1 aromatic rings. The summed E-state index contributed by atoms with van der Waals surface area (Å²) in [6.45, 7) is 2.69. The lowest BCUT2D eigenvalue weighted by Gasteiger charge is -2.09. The Morgan fingerprint density at radius 1 is 1.21 bits per heavy atom. The smallest absolute Gasteiger partial charge is 0.0575 e. The molecule has 2 heteroatoms. The highest BCUT2D eigenvalue weighted by Gasteiger charge is 2.03. The second-order valence-electron chi connectivity index (χ2n) is 4.01. The van der Waals surface area contributed by atoms with E-state index in [4.69, 9.17) is 5.11 Å². The molecule has 0 aliphatic carbocycles. The van der Waals surface area contributed by atoms with E-state index in [1.807, 2.05) is 0 Å². The fourth-order valence-electron chi connectivity index (χ4n) is 1.72. The summed E-state index contributed by atoms with van der Waals surface area (Å²) >= 11 is 0. The van der Waals surface area contributed by atoms with Crippen LogP contribution in [0.1, 0.15) is 26.2 Å². The minimum Gasteiger partial charge on any atom is -0.396 e. The van der Waals surface area contributed by atoms with Gasteiger partial charge in [0.05, 0.1) is 9.52 Å². The lowest BCUT2D eigenvalue weighted by atomic mass is 10.2. The van der Waals surface area contributed by atoms with Gasteiger partial charge in [0.2, 0.25) is 0 Å². The number of unbranched alkanes of at least 4 members (excludes halogenated alkanes) is 1. The first-order valence-corrected chi connectivity index (χ1v) is 7.00. The highest BCUT2D eigenvalue weighted by molar-refractivity contribution is 6.54. The number of aliphatic hydroxyl groups is 1. The van der Waals surface area contributed by atoms with Gasteiger partial charge >= 0.3 is 0 Å². The van der Waals surface area contributed by atoms with Crippen LogP contribution >= 0.6 is 0 Å². The number of hydrogen-bond acceptors (Lipinski definition) is 1. The third-order valence-corrected chi connectivity index (χ3v) is 4.58. The average Bonchev–Trinajstić information content (AvgIpc) is 2.20. The summed E-state index contributed by atoms with van der Waals surface area (Å²) in [6, 6.07) is 10.8. The number of benzene rings is 1. The topological polar surface area (TPSA) is 20.2 Å². The van der Waals surface area contributed by atoms with Gasteiger partial charge in [-0.25, -0.2) is 0 Å². The van der Waals surface area contributed by atoms with E-state index in [0.29, 0.717) is 6.61 Å². The molecule has 0 fully saturated rings. The largest absolute Gasteiger partial charge is 0.396 e. The molecule has 0 saturated heterocycles. The van der Waals surface area contributed by atoms with E-state index in [0.717, 1.165) is 12.0 Å². The van der Waals surface area contributed by atoms with Gasteiger partial charge in [-0.15, -0.1) is 0 Å². The van der Waals surface area contributed by atoms with Crippen LogP contribution in [0.25, 0.3) is 0 Å². The Morgan fingerprint density at radius 2 is 1.93 bits per heavy atom. The Kier molecular flexibility index (Phi) is 5.57. The van der Waals surface area contributed by atoms with Crippen LogP contribution < -0.4 is 5.19 Å². The van der Waals surface area contributed by atoms with Gasteiger partial charge in [0.1, 0.15) is 0 Å². The molecule has 78 valence electrons. The van der Waals surface area contributed by atoms with E-state index < -0.39 is 0 Å². The molecule has 1 nitrogen and oxygen atoms in total. The van der Waals surface area contributed by atoms with Crippen molar-refractivity contribution in [2.45, 2.75) is 31.7 Å². The van der Waals surface area contributed by atoms with Crippen molar-refractivity contribution >= 4 is 14.7 Å². The molecule has 0 bridgehead atoms. The van der Waals surface area contributed by atoms with Crippen molar-refractivity contribution in [3.8, 4) is 0 Å². The van der Waals surface area contributed by atoms with Crippen molar-refractivity contribution in [1.29, 1.82) is 0 Å². The van der Waals surface area contributed by atoms with Crippen LogP contribution in [-0.2, 0) is 0 Å². The van der Waals surface area contributed by atoms with Crippen LogP contribution in [0, 0.1) is 0 Å². The lowest BCUT2D eigenvalue weighted by Crippen LogP contribution is -2.17. The molecule has 0 heterocycles. The zero-order valence-corrected chi connectivity index (χ0v) is 10.4. The van der Waals surface area contributed by atoms with Crippen molar-refractivity contribution in [3.63, 3.8) is 0 Å². The van der Waals surface area contributed by atoms with Crippen molar-refractivity contribution < 1.29 is 5.11 Å². The van der Waals surface area contributed by atoms with Gasteiger partial charge in [-0.3, -0.25) is 0 Å². The van der Waals surface area contributed by atoms with Crippen LogP contribution in [0.15, 0.2) is 30.3 Å². The Labute approximate surface area is 89.0 Å². The standard InChI is InChI=1S/C12H20OSi/c1-11(7-5-6-10-13)14-12-8-3-2-4-9-12/h2-4,8-9,11,13H,5-7,10,14H2,1H3/t11-/m0/s1. The maximum Gasteiger partial charge on any atom is 0.0575 e.